The molecule has 4 heterocycles. The number of hydrogen-bond acceptors (Lipinski definition) is 2. The summed E-state index contributed by atoms with van der Waals surface area (Å²) >= 11 is 0. The first-order valence-corrected chi connectivity index (χ1v) is 13.4. The molecule has 0 spiro atoms. The van der Waals surface area contributed by atoms with Gasteiger partial charge in [0.2, 0.25) is 0 Å². The van der Waals surface area contributed by atoms with Crippen LogP contribution in [-0.4, -0.2) is 19.1 Å². The van der Waals surface area contributed by atoms with E-state index in [4.69, 9.17) is 4.98 Å². The SMILES string of the molecule is Cc1ccc2c(c1)c1cc3c4cc(C)ccc4n(-c4[c-]c(-c5ccccn5)ccc4)c3nc1n2-c1[c-]cccc1.[Pt+2]. The van der Waals surface area contributed by atoms with Gasteiger partial charge in [-0.25, -0.2) is 4.98 Å². The minimum atomic E-state index is 0. The van der Waals surface area contributed by atoms with Gasteiger partial charge < -0.3 is 14.1 Å². The first-order chi connectivity index (χ1) is 19.7. The van der Waals surface area contributed by atoms with E-state index in [9.17, 15) is 0 Å². The average molecular weight is 708 g/mol. The van der Waals surface area contributed by atoms with Crippen molar-refractivity contribution in [3.05, 3.63) is 133 Å². The summed E-state index contributed by atoms with van der Waals surface area (Å²) in [6.07, 6.45) is 1.82. The predicted molar refractivity (Wildman–Crippen MR) is 163 cm³/mol. The summed E-state index contributed by atoms with van der Waals surface area (Å²) in [7, 11) is 0. The number of aromatic nitrogens is 4. The van der Waals surface area contributed by atoms with E-state index in [-0.39, 0.29) is 21.1 Å². The fourth-order valence-electron chi connectivity index (χ4n) is 5.85. The third-order valence-corrected chi connectivity index (χ3v) is 7.67. The minimum absolute atomic E-state index is 0. The normalized spacial score (nSPS) is 11.5. The Morgan fingerprint density at radius 2 is 1.27 bits per heavy atom. The van der Waals surface area contributed by atoms with Crippen molar-refractivity contribution in [2.24, 2.45) is 0 Å². The van der Waals surface area contributed by atoms with Crippen LogP contribution in [0.1, 0.15) is 11.1 Å². The van der Waals surface area contributed by atoms with Gasteiger partial charge in [-0.1, -0.05) is 41.1 Å². The molecule has 0 saturated heterocycles. The second kappa shape index (κ2) is 9.83. The fraction of sp³-hybridized carbons (Fsp3) is 0.0556. The molecule has 0 radical (unpaired) electrons. The molecular weight excluding hydrogens is 684 g/mol. The molecule has 4 aromatic heterocycles. The summed E-state index contributed by atoms with van der Waals surface area (Å²) in [5.41, 5.74) is 10.2. The van der Waals surface area contributed by atoms with Gasteiger partial charge in [-0.15, -0.1) is 35.9 Å². The van der Waals surface area contributed by atoms with Crippen LogP contribution in [0.25, 0.3) is 66.5 Å². The van der Waals surface area contributed by atoms with E-state index in [2.05, 4.69) is 107 Å². The Balaban J connectivity index is 0.00000276. The summed E-state index contributed by atoms with van der Waals surface area (Å²) in [5.74, 6) is 0. The third kappa shape index (κ3) is 4.02. The zero-order chi connectivity index (χ0) is 26.8. The molecule has 0 fully saturated rings. The topological polar surface area (TPSA) is 35.6 Å². The van der Waals surface area contributed by atoms with Crippen LogP contribution in [-0.2, 0) is 21.1 Å². The van der Waals surface area contributed by atoms with E-state index >= 15 is 0 Å². The van der Waals surface area contributed by atoms with Crippen molar-refractivity contribution in [1.29, 1.82) is 0 Å². The van der Waals surface area contributed by atoms with Crippen molar-refractivity contribution in [3.63, 3.8) is 0 Å². The number of aryl methyl sites for hydroxylation is 2. The van der Waals surface area contributed by atoms with Crippen LogP contribution >= 0.6 is 0 Å². The second-order valence-corrected chi connectivity index (χ2v) is 10.4. The summed E-state index contributed by atoms with van der Waals surface area (Å²) < 4.78 is 4.46. The summed E-state index contributed by atoms with van der Waals surface area (Å²) in [6.45, 7) is 4.28. The molecule has 8 aromatic rings. The van der Waals surface area contributed by atoms with Gasteiger partial charge in [-0.3, -0.25) is 0 Å². The molecule has 0 saturated carbocycles. The number of nitrogens with zero attached hydrogens (tertiary/aromatic N) is 4. The van der Waals surface area contributed by atoms with Crippen molar-refractivity contribution < 1.29 is 21.1 Å². The average Bonchev–Trinajstić information content (AvgIpc) is 3.48. The van der Waals surface area contributed by atoms with Gasteiger partial charge in [-0.05, 0) is 61.6 Å². The van der Waals surface area contributed by atoms with Crippen LogP contribution in [0.3, 0.4) is 0 Å². The molecule has 0 bridgehead atoms. The Labute approximate surface area is 252 Å². The summed E-state index contributed by atoms with van der Waals surface area (Å²) in [5, 5.41) is 4.63. The quantitative estimate of drug-likeness (QED) is 0.173. The molecule has 4 aromatic carbocycles. The first-order valence-electron chi connectivity index (χ1n) is 13.4. The maximum atomic E-state index is 5.44. The molecule has 0 aliphatic heterocycles. The van der Waals surface area contributed by atoms with E-state index < -0.39 is 0 Å². The molecule has 41 heavy (non-hydrogen) atoms. The third-order valence-electron chi connectivity index (χ3n) is 7.67. The Kier molecular flexibility index (Phi) is 6.10. The molecule has 5 heteroatoms. The number of hydrogen-bond donors (Lipinski definition) is 0. The van der Waals surface area contributed by atoms with Gasteiger partial charge >= 0.3 is 21.1 Å². The largest absolute Gasteiger partial charge is 2.00 e. The zero-order valence-corrected chi connectivity index (χ0v) is 24.8. The molecule has 8 rings (SSSR count). The number of rotatable bonds is 3. The molecular formula is C36H24N4Pt. The monoisotopic (exact) mass is 707 g/mol. The Bertz CT molecular complexity index is 2230. The predicted octanol–water partition coefficient (Wildman–Crippen LogP) is 8.55. The van der Waals surface area contributed by atoms with E-state index in [1.54, 1.807) is 0 Å². The maximum Gasteiger partial charge on any atom is 2.00 e. The summed E-state index contributed by atoms with van der Waals surface area (Å²) in [6, 6.07) is 42.9. The number of pyridine rings is 2. The van der Waals surface area contributed by atoms with E-state index in [0.717, 1.165) is 55.7 Å². The van der Waals surface area contributed by atoms with Crippen LogP contribution in [0.15, 0.2) is 109 Å². The van der Waals surface area contributed by atoms with Crippen LogP contribution in [0.5, 0.6) is 0 Å². The number of para-hydroxylation sites is 1. The van der Waals surface area contributed by atoms with Crippen molar-refractivity contribution in [2.45, 2.75) is 13.8 Å². The summed E-state index contributed by atoms with van der Waals surface area (Å²) in [4.78, 5) is 10.00. The fourth-order valence-corrected chi connectivity index (χ4v) is 5.85. The zero-order valence-electron chi connectivity index (χ0n) is 22.5. The number of fused-ring (bicyclic) bond motifs is 6. The molecule has 0 amide bonds. The number of benzene rings is 4. The van der Waals surface area contributed by atoms with Crippen molar-refractivity contribution in [3.8, 4) is 22.6 Å². The van der Waals surface area contributed by atoms with Crippen molar-refractivity contribution in [2.75, 3.05) is 0 Å². The smallest absolute Gasteiger partial charge is 0.318 e. The minimum Gasteiger partial charge on any atom is -0.318 e. The van der Waals surface area contributed by atoms with Crippen LogP contribution < -0.4 is 0 Å². The Morgan fingerprint density at radius 1 is 0.610 bits per heavy atom. The molecule has 0 unspecified atom stereocenters. The van der Waals surface area contributed by atoms with Crippen LogP contribution in [0, 0.1) is 26.0 Å². The van der Waals surface area contributed by atoms with Crippen LogP contribution in [0.4, 0.5) is 0 Å². The molecule has 0 atom stereocenters. The van der Waals surface area contributed by atoms with Gasteiger partial charge in [0, 0.05) is 27.7 Å². The van der Waals surface area contributed by atoms with E-state index in [1.165, 1.54) is 21.9 Å². The van der Waals surface area contributed by atoms with Gasteiger partial charge in [-0.2, -0.15) is 24.3 Å². The van der Waals surface area contributed by atoms with Crippen molar-refractivity contribution >= 4 is 43.9 Å². The van der Waals surface area contributed by atoms with Gasteiger partial charge in [0.1, 0.15) is 11.3 Å². The maximum absolute atomic E-state index is 5.44. The van der Waals surface area contributed by atoms with Crippen LogP contribution in [0.2, 0.25) is 0 Å². The second-order valence-electron chi connectivity index (χ2n) is 10.4. The molecule has 4 nitrogen and oxygen atoms in total. The van der Waals surface area contributed by atoms with Gasteiger partial charge in [0.25, 0.3) is 0 Å². The molecule has 0 N–H and O–H groups in total. The van der Waals surface area contributed by atoms with Gasteiger partial charge in [0.05, 0.1) is 11.0 Å². The Morgan fingerprint density at radius 3 is 1.90 bits per heavy atom. The Hall–Kier alpha value is -4.53. The molecule has 0 aliphatic carbocycles. The first kappa shape index (κ1) is 25.4. The van der Waals surface area contributed by atoms with E-state index in [0.29, 0.717) is 0 Å². The standard InChI is InChI=1S/C36H24N4.Pt/c1-23-14-16-33-28(19-23)30-22-31-29-20-24(2)15-17-34(29)40(27-12-8-9-25(21-27)32-13-6-7-18-37-32)36(31)38-35(30)39(33)26-10-4-3-5-11-26;/h3-10,12-20,22H,1-2H3;/q-2;+2. The van der Waals surface area contributed by atoms with E-state index in [1.807, 2.05) is 42.6 Å². The molecule has 198 valence electrons. The van der Waals surface area contributed by atoms with Crippen molar-refractivity contribution in [1.82, 2.24) is 19.1 Å². The molecule has 0 aliphatic rings. The van der Waals surface area contributed by atoms with Gasteiger partial charge in [0.15, 0.2) is 0 Å².